The van der Waals surface area contributed by atoms with Crippen molar-refractivity contribution in [3.8, 4) is 11.8 Å². The topological polar surface area (TPSA) is 82.1 Å². The average molecular weight is 386 g/mol. The summed E-state index contributed by atoms with van der Waals surface area (Å²) in [7, 11) is 0. The Labute approximate surface area is 169 Å². The summed E-state index contributed by atoms with van der Waals surface area (Å²) < 4.78 is 0. The lowest BCUT2D eigenvalue weighted by Crippen LogP contribution is -2.40. The molecule has 0 bridgehead atoms. The van der Waals surface area contributed by atoms with Crippen LogP contribution in [0.3, 0.4) is 0 Å². The predicted molar refractivity (Wildman–Crippen MR) is 109 cm³/mol. The van der Waals surface area contributed by atoms with Crippen molar-refractivity contribution in [2.24, 2.45) is 0 Å². The van der Waals surface area contributed by atoms with Gasteiger partial charge in [0.2, 0.25) is 0 Å². The smallest absolute Gasteiger partial charge is 0.254 e. The zero-order chi connectivity index (χ0) is 20.4. The van der Waals surface area contributed by atoms with Crippen LogP contribution < -0.4 is 0 Å². The van der Waals surface area contributed by atoms with Crippen LogP contribution in [-0.4, -0.2) is 43.0 Å². The summed E-state index contributed by atoms with van der Waals surface area (Å²) >= 11 is 0. The molecule has 0 saturated carbocycles. The van der Waals surface area contributed by atoms with Crippen molar-refractivity contribution in [1.82, 2.24) is 19.9 Å². The van der Waals surface area contributed by atoms with Crippen LogP contribution in [0.1, 0.15) is 52.8 Å². The molecule has 0 fully saturated rings. The quantitative estimate of drug-likeness (QED) is 0.664. The highest BCUT2D eigenvalue weighted by Crippen LogP contribution is 2.33. The second-order valence-corrected chi connectivity index (χ2v) is 7.59. The third kappa shape index (κ3) is 4.05. The van der Waals surface area contributed by atoms with E-state index >= 15 is 0 Å². The van der Waals surface area contributed by atoms with E-state index in [-0.39, 0.29) is 11.9 Å². The average Bonchev–Trinajstić information content (AvgIpc) is 3.20. The lowest BCUT2D eigenvalue weighted by Gasteiger charge is -2.35. The van der Waals surface area contributed by atoms with Crippen molar-refractivity contribution in [2.75, 3.05) is 6.54 Å². The molecule has 1 aliphatic rings. The molecule has 2 N–H and O–H groups in total. The van der Waals surface area contributed by atoms with Gasteiger partial charge >= 0.3 is 0 Å². The number of H-pyrrole nitrogens is 1. The first-order valence-corrected chi connectivity index (χ1v) is 9.51. The third-order valence-electron chi connectivity index (χ3n) is 4.83. The number of aromatic amines is 1. The van der Waals surface area contributed by atoms with Gasteiger partial charge in [0.1, 0.15) is 11.6 Å². The molecule has 1 atom stereocenters. The van der Waals surface area contributed by atoms with E-state index in [1.54, 1.807) is 56.8 Å². The lowest BCUT2D eigenvalue weighted by atomic mass is 9.95. The monoisotopic (exact) mass is 386 g/mol. The van der Waals surface area contributed by atoms with Gasteiger partial charge in [-0.15, -0.1) is 0 Å². The van der Waals surface area contributed by atoms with Crippen molar-refractivity contribution in [1.29, 1.82) is 0 Å². The number of carbonyl (C=O) groups excluding carboxylic acids is 1. The molecule has 2 aromatic heterocycles. The zero-order valence-corrected chi connectivity index (χ0v) is 16.4. The van der Waals surface area contributed by atoms with Crippen LogP contribution in [0.25, 0.3) is 0 Å². The van der Waals surface area contributed by atoms with E-state index in [0.717, 1.165) is 28.9 Å². The molecular weight excluding hydrogens is 364 g/mol. The van der Waals surface area contributed by atoms with Crippen LogP contribution in [0.4, 0.5) is 0 Å². The van der Waals surface area contributed by atoms with Gasteiger partial charge in [-0.05, 0) is 49.7 Å². The number of nitrogens with zero attached hydrogens (tertiary/aromatic N) is 3. The number of aliphatic hydroxyl groups is 1. The third-order valence-corrected chi connectivity index (χ3v) is 4.83. The number of amides is 1. The van der Waals surface area contributed by atoms with Gasteiger partial charge in [-0.25, -0.2) is 4.98 Å². The number of fused-ring (bicyclic) bond motifs is 1. The summed E-state index contributed by atoms with van der Waals surface area (Å²) in [4.78, 5) is 27.1. The van der Waals surface area contributed by atoms with E-state index in [9.17, 15) is 9.90 Å². The maximum Gasteiger partial charge on any atom is 0.254 e. The molecule has 0 saturated heterocycles. The predicted octanol–water partition coefficient (Wildman–Crippen LogP) is 2.72. The molecule has 1 aromatic carbocycles. The van der Waals surface area contributed by atoms with Crippen LogP contribution in [0, 0.1) is 11.8 Å². The summed E-state index contributed by atoms with van der Waals surface area (Å²) in [6, 6.07) is 10.7. The first-order chi connectivity index (χ1) is 13.9. The largest absolute Gasteiger partial charge is 0.378 e. The van der Waals surface area contributed by atoms with Gasteiger partial charge in [-0.3, -0.25) is 9.78 Å². The van der Waals surface area contributed by atoms with E-state index in [0.29, 0.717) is 12.1 Å². The Morgan fingerprint density at radius 2 is 2.07 bits per heavy atom. The number of aromatic nitrogens is 3. The number of rotatable bonds is 2. The fraction of sp³-hybridized carbons (Fsp3) is 0.261. The Kier molecular flexibility index (Phi) is 4.91. The molecule has 0 aliphatic carbocycles. The molecule has 1 unspecified atom stereocenters. The van der Waals surface area contributed by atoms with Crippen molar-refractivity contribution in [3.63, 3.8) is 0 Å². The Morgan fingerprint density at radius 1 is 1.28 bits per heavy atom. The molecule has 1 amide bonds. The lowest BCUT2D eigenvalue weighted by molar-refractivity contribution is 0.0690. The Balaban J connectivity index is 1.64. The minimum Gasteiger partial charge on any atom is -0.378 e. The van der Waals surface area contributed by atoms with Gasteiger partial charge in [0.15, 0.2) is 0 Å². The summed E-state index contributed by atoms with van der Waals surface area (Å²) in [5.74, 6) is 5.64. The van der Waals surface area contributed by atoms with Crippen LogP contribution in [0.15, 0.2) is 55.1 Å². The summed E-state index contributed by atoms with van der Waals surface area (Å²) in [5.41, 5.74) is 3.14. The summed E-state index contributed by atoms with van der Waals surface area (Å²) in [6.07, 6.45) is 5.91. The van der Waals surface area contributed by atoms with Gasteiger partial charge in [-0.2, -0.15) is 0 Å². The number of hydrogen-bond donors (Lipinski definition) is 2. The van der Waals surface area contributed by atoms with Gasteiger partial charge in [0.05, 0.1) is 12.0 Å². The Morgan fingerprint density at radius 3 is 2.76 bits per heavy atom. The fourth-order valence-electron chi connectivity index (χ4n) is 3.46. The van der Waals surface area contributed by atoms with Crippen LogP contribution in [-0.2, 0) is 6.42 Å². The second-order valence-electron chi connectivity index (χ2n) is 7.59. The van der Waals surface area contributed by atoms with Gasteiger partial charge in [0.25, 0.3) is 5.91 Å². The van der Waals surface area contributed by atoms with Crippen molar-refractivity contribution >= 4 is 5.91 Å². The second kappa shape index (κ2) is 7.53. The molecule has 3 aromatic rings. The van der Waals surface area contributed by atoms with Crippen LogP contribution in [0.5, 0.6) is 0 Å². The molecule has 1 aliphatic heterocycles. The minimum atomic E-state index is -1.06. The van der Waals surface area contributed by atoms with Crippen molar-refractivity contribution in [3.05, 3.63) is 83.2 Å². The molecule has 0 radical (unpaired) electrons. The van der Waals surface area contributed by atoms with E-state index in [1.165, 1.54) is 0 Å². The Bertz CT molecular complexity index is 1070. The number of pyridine rings is 1. The maximum absolute atomic E-state index is 13.3. The van der Waals surface area contributed by atoms with Crippen LogP contribution >= 0.6 is 0 Å². The number of imidazole rings is 1. The first-order valence-electron chi connectivity index (χ1n) is 9.51. The maximum atomic E-state index is 13.3. The zero-order valence-electron chi connectivity index (χ0n) is 16.4. The van der Waals surface area contributed by atoms with Gasteiger partial charge in [-0.1, -0.05) is 17.9 Å². The first kappa shape index (κ1) is 18.9. The highest BCUT2D eigenvalue weighted by atomic mass is 16.3. The highest BCUT2D eigenvalue weighted by Gasteiger charge is 2.34. The van der Waals surface area contributed by atoms with Crippen molar-refractivity contribution in [2.45, 2.75) is 31.9 Å². The molecular formula is C23H22N4O2. The fourth-order valence-corrected chi connectivity index (χ4v) is 3.46. The van der Waals surface area contributed by atoms with Crippen LogP contribution in [0.2, 0.25) is 0 Å². The summed E-state index contributed by atoms with van der Waals surface area (Å²) in [6.45, 7) is 3.86. The van der Waals surface area contributed by atoms with E-state index < -0.39 is 5.60 Å². The SMILES string of the molecule is CC(C)(O)C#Cc1ccc(C(=O)N2CCc3[nH]cnc3C2c2cccnc2)cc1. The number of nitrogens with one attached hydrogen (secondary N) is 1. The molecule has 146 valence electrons. The molecule has 0 spiro atoms. The molecule has 6 heteroatoms. The molecule has 6 nitrogen and oxygen atoms in total. The standard InChI is InChI=1S/C23H22N4O2/c1-23(2,29)11-9-16-5-7-17(8-6-16)22(28)27-13-10-19-20(26-15-25-19)21(27)18-4-3-12-24-14-18/h3-8,12,14-15,21,29H,10,13H2,1-2H3,(H,25,26). The number of hydrogen-bond acceptors (Lipinski definition) is 4. The van der Waals surface area contributed by atoms with E-state index in [2.05, 4.69) is 26.8 Å². The van der Waals surface area contributed by atoms with E-state index in [4.69, 9.17) is 0 Å². The minimum absolute atomic E-state index is 0.0606. The van der Waals surface area contributed by atoms with E-state index in [1.807, 2.05) is 17.0 Å². The molecule has 4 rings (SSSR count). The normalized spacial score (nSPS) is 16.0. The van der Waals surface area contributed by atoms with Gasteiger partial charge < -0.3 is 15.0 Å². The molecule has 3 heterocycles. The van der Waals surface area contributed by atoms with Crippen molar-refractivity contribution < 1.29 is 9.90 Å². The van der Waals surface area contributed by atoms with Gasteiger partial charge in [0, 0.05) is 42.2 Å². The molecule has 29 heavy (non-hydrogen) atoms. The highest BCUT2D eigenvalue weighted by molar-refractivity contribution is 5.95. The summed E-state index contributed by atoms with van der Waals surface area (Å²) in [5, 5.41) is 9.74. The number of benzene rings is 1. The Hall–Kier alpha value is -3.43. The number of carbonyl (C=O) groups is 1.